The predicted octanol–water partition coefficient (Wildman–Crippen LogP) is 0.906. The van der Waals surface area contributed by atoms with E-state index in [0.29, 0.717) is 0 Å². The molecule has 0 aliphatic heterocycles. The molecule has 8 heteroatoms. The monoisotopic (exact) mass is 425 g/mol. The maximum absolute atomic E-state index is 3.27. The molecule has 0 aromatic heterocycles. The van der Waals surface area contributed by atoms with E-state index in [-0.39, 0.29) is 16.4 Å². The Kier molecular flexibility index (Phi) is 26.1. The summed E-state index contributed by atoms with van der Waals surface area (Å²) in [6.07, 6.45) is 0. The van der Waals surface area contributed by atoms with E-state index in [1.165, 1.54) is 0 Å². The summed E-state index contributed by atoms with van der Waals surface area (Å²) in [5.74, 6) is 0. The van der Waals surface area contributed by atoms with Crippen LogP contribution in [0.2, 0.25) is 0 Å². The van der Waals surface area contributed by atoms with E-state index in [9.17, 15) is 0 Å². The molecule has 0 aliphatic carbocycles. The van der Waals surface area contributed by atoms with Crippen molar-refractivity contribution in [2.75, 3.05) is 0 Å². The van der Waals surface area contributed by atoms with Crippen LogP contribution in [0.15, 0.2) is 0 Å². The van der Waals surface area contributed by atoms with Crippen molar-refractivity contribution in [2.45, 2.75) is 0 Å². The van der Waals surface area contributed by atoms with Gasteiger partial charge >= 0.3 is 62.1 Å². The molecule has 0 fully saturated rings. The molecule has 3 nitrogen and oxygen atoms in total. The van der Waals surface area contributed by atoms with Gasteiger partial charge in [-0.1, -0.05) is 0 Å². The van der Waals surface area contributed by atoms with Crippen LogP contribution in [0.3, 0.4) is 0 Å². The van der Waals surface area contributed by atoms with E-state index in [0.717, 1.165) is 0 Å². The summed E-state index contributed by atoms with van der Waals surface area (Å²) < 4.78 is 0. The van der Waals surface area contributed by atoms with Gasteiger partial charge in [-0.25, -0.2) is 0 Å². The molecule has 0 spiro atoms. The fourth-order valence-corrected chi connectivity index (χ4v) is 0. The average molecular weight is 429 g/mol. The van der Waals surface area contributed by atoms with Crippen molar-refractivity contribution in [2.24, 2.45) is 0 Å². The van der Waals surface area contributed by atoms with Gasteiger partial charge in [-0.2, -0.15) is 0 Å². The molecule has 0 heterocycles. The molecule has 0 rings (SSSR count). The first-order valence-electron chi connectivity index (χ1n) is 0.571. The molecule has 0 radical (unpaired) electrons. The van der Waals surface area contributed by atoms with Crippen LogP contribution in [0.1, 0.15) is 0 Å². The molecule has 0 unspecified atom stereocenters. The van der Waals surface area contributed by atoms with E-state index in [1.807, 2.05) is 0 Å². The molecular formula is H6Br4MnO3. The zero-order chi connectivity index (χ0) is 4.50. The van der Waals surface area contributed by atoms with Crippen molar-refractivity contribution in [3.05, 3.63) is 0 Å². The number of halogens is 4. The van der Waals surface area contributed by atoms with Crippen molar-refractivity contribution in [3.8, 4) is 0 Å². The molecule has 0 saturated carbocycles. The summed E-state index contributed by atoms with van der Waals surface area (Å²) >= 11 is 13.1. The summed E-state index contributed by atoms with van der Waals surface area (Å²) in [6, 6.07) is 0. The molecule has 8 heavy (non-hydrogen) atoms. The van der Waals surface area contributed by atoms with Gasteiger partial charge in [0.25, 0.3) is 0 Å². The van der Waals surface area contributed by atoms with Gasteiger partial charge in [-0.3, -0.25) is 0 Å². The quantitative estimate of drug-likeness (QED) is 0.513. The molecule has 0 aromatic rings. The van der Waals surface area contributed by atoms with Gasteiger partial charge in [0.2, 0.25) is 0 Å². The molecule has 0 amide bonds. The molecule has 0 saturated heterocycles. The Bertz CT molecular complexity index is 26.8. The van der Waals surface area contributed by atoms with Crippen LogP contribution in [0.5, 0.6) is 0 Å². The zero-order valence-corrected chi connectivity index (χ0v) is 10.9. The molecule has 0 bridgehead atoms. The number of hydrogen-bond acceptors (Lipinski definition) is 0. The van der Waals surface area contributed by atoms with Gasteiger partial charge < -0.3 is 16.4 Å². The Morgan fingerprint density at radius 2 is 0.625 bits per heavy atom. The standard InChI is InChI=1S/4BrH.Mn.3H2O/h4*1H;;3*1H2/q;;;;+4;;;/p-4. The van der Waals surface area contributed by atoms with Crippen LogP contribution < -0.4 is 0 Å². The zero-order valence-electron chi connectivity index (χ0n) is 3.39. The molecule has 0 aromatic carbocycles. The second kappa shape index (κ2) is 9.32. The predicted molar refractivity (Wildman–Crippen MR) is 46.5 cm³/mol. The molecule has 59 valence electrons. The van der Waals surface area contributed by atoms with Gasteiger partial charge in [-0.05, 0) is 0 Å². The fraction of sp³-hybridized carbons (Fsp3) is 0. The van der Waals surface area contributed by atoms with Crippen LogP contribution in [-0.4, -0.2) is 16.4 Å². The second-order valence-corrected chi connectivity index (χ2v) is 36.1. The molecule has 6 N–H and O–H groups in total. The van der Waals surface area contributed by atoms with Gasteiger partial charge in [0.05, 0.1) is 0 Å². The van der Waals surface area contributed by atoms with Crippen molar-refractivity contribution in [1.82, 2.24) is 0 Å². The average Bonchev–Trinajstić information content (AvgIpc) is 0.722. The topological polar surface area (TPSA) is 94.5 Å². The summed E-state index contributed by atoms with van der Waals surface area (Å²) in [4.78, 5) is 0. The Labute approximate surface area is 77.5 Å². The summed E-state index contributed by atoms with van der Waals surface area (Å²) in [6.45, 7) is 0. The Morgan fingerprint density at radius 1 is 0.625 bits per heavy atom. The van der Waals surface area contributed by atoms with E-state index in [2.05, 4.69) is 56.4 Å². The third-order valence-corrected chi connectivity index (χ3v) is 0. The minimum absolute atomic E-state index is 0. The van der Waals surface area contributed by atoms with Crippen molar-refractivity contribution < 1.29 is 22.0 Å². The van der Waals surface area contributed by atoms with Crippen LogP contribution in [-0.2, 0) is 5.61 Å². The first-order valence-corrected chi connectivity index (χ1v) is 12.2. The summed E-state index contributed by atoms with van der Waals surface area (Å²) in [7, 11) is 0. The Hall–Kier alpha value is 2.32. The van der Waals surface area contributed by atoms with Gasteiger partial charge in [0.15, 0.2) is 0 Å². The van der Waals surface area contributed by atoms with E-state index < -0.39 is 5.61 Å². The number of rotatable bonds is 0. The first-order chi connectivity index (χ1) is 2.00. The van der Waals surface area contributed by atoms with Crippen molar-refractivity contribution in [3.63, 3.8) is 0 Å². The van der Waals surface area contributed by atoms with Crippen LogP contribution >= 0.6 is 56.4 Å². The first kappa shape index (κ1) is 22.4. The van der Waals surface area contributed by atoms with Gasteiger partial charge in [0, 0.05) is 0 Å². The summed E-state index contributed by atoms with van der Waals surface area (Å²) in [5.41, 5.74) is -1.38. The normalized spacial score (nSPS) is 9.50. The van der Waals surface area contributed by atoms with Crippen LogP contribution in [0.4, 0.5) is 0 Å². The van der Waals surface area contributed by atoms with E-state index in [1.54, 1.807) is 0 Å². The van der Waals surface area contributed by atoms with Crippen LogP contribution in [0, 0.1) is 0 Å². The summed E-state index contributed by atoms with van der Waals surface area (Å²) in [5, 5.41) is 0. The third-order valence-electron chi connectivity index (χ3n) is 0. The second-order valence-electron chi connectivity index (χ2n) is 0.324. The number of hydrogen-bond donors (Lipinski definition) is 0. The van der Waals surface area contributed by atoms with E-state index in [4.69, 9.17) is 0 Å². The SMILES string of the molecule is O.O.O.[Br][Mn]([Br])([Br])[Br]. The van der Waals surface area contributed by atoms with Gasteiger partial charge in [0.1, 0.15) is 0 Å². The Morgan fingerprint density at radius 3 is 0.625 bits per heavy atom. The molecular weight excluding hydrogens is 423 g/mol. The van der Waals surface area contributed by atoms with E-state index >= 15 is 0 Å². The van der Waals surface area contributed by atoms with Crippen molar-refractivity contribution in [1.29, 1.82) is 0 Å². The van der Waals surface area contributed by atoms with Crippen LogP contribution in [0.25, 0.3) is 0 Å². The van der Waals surface area contributed by atoms with Gasteiger partial charge in [-0.15, -0.1) is 0 Å². The third kappa shape index (κ3) is 82.8. The Balaban J connectivity index is -0.0000000267. The maximum atomic E-state index is 3.27. The molecule has 0 aliphatic rings. The minimum atomic E-state index is -1.38. The fourth-order valence-electron chi connectivity index (χ4n) is 0. The van der Waals surface area contributed by atoms with Crippen molar-refractivity contribution >= 4 is 56.4 Å². The molecule has 0 atom stereocenters.